The van der Waals surface area contributed by atoms with Crippen LogP contribution in [0.25, 0.3) is 0 Å². The van der Waals surface area contributed by atoms with Crippen molar-refractivity contribution in [3.05, 3.63) is 54.1 Å². The summed E-state index contributed by atoms with van der Waals surface area (Å²) in [5.41, 5.74) is 7.02. The maximum Gasteiger partial charge on any atom is 0.159 e. The van der Waals surface area contributed by atoms with Crippen molar-refractivity contribution in [3.8, 4) is 11.5 Å². The molecule has 2 aromatic carbocycles. The second kappa shape index (κ2) is 4.70. The van der Waals surface area contributed by atoms with Crippen LogP contribution in [0.5, 0.6) is 11.5 Å². The summed E-state index contributed by atoms with van der Waals surface area (Å²) >= 11 is 0. The van der Waals surface area contributed by atoms with Crippen molar-refractivity contribution in [1.82, 2.24) is 0 Å². The van der Waals surface area contributed by atoms with Gasteiger partial charge in [0.05, 0.1) is 5.69 Å². The minimum atomic E-state index is 0.0378. The first-order chi connectivity index (χ1) is 8.16. The third kappa shape index (κ3) is 2.64. The summed E-state index contributed by atoms with van der Waals surface area (Å²) in [5, 5.41) is 0. The molecule has 0 aliphatic heterocycles. The van der Waals surface area contributed by atoms with Gasteiger partial charge in [-0.1, -0.05) is 12.1 Å². The molecule has 2 rings (SSSR count). The highest BCUT2D eigenvalue weighted by atomic mass is 16.5. The summed E-state index contributed by atoms with van der Waals surface area (Å²) in [6, 6.07) is 14.3. The van der Waals surface area contributed by atoms with E-state index in [2.05, 4.69) is 0 Å². The molecule has 0 spiro atoms. The van der Waals surface area contributed by atoms with Gasteiger partial charge in [-0.25, -0.2) is 0 Å². The van der Waals surface area contributed by atoms with Gasteiger partial charge in [0.15, 0.2) is 5.78 Å². The van der Waals surface area contributed by atoms with Crippen molar-refractivity contribution >= 4 is 11.5 Å². The van der Waals surface area contributed by atoms with Gasteiger partial charge in [-0.05, 0) is 43.3 Å². The van der Waals surface area contributed by atoms with Crippen LogP contribution in [0.2, 0.25) is 0 Å². The average molecular weight is 227 g/mol. The Morgan fingerprint density at radius 2 is 1.71 bits per heavy atom. The number of hydrogen-bond donors (Lipinski definition) is 1. The first-order valence-electron chi connectivity index (χ1n) is 5.30. The number of nitrogens with two attached hydrogens (primary N) is 1. The Morgan fingerprint density at radius 3 is 2.29 bits per heavy atom. The first kappa shape index (κ1) is 11.2. The van der Waals surface area contributed by atoms with Crippen molar-refractivity contribution in [2.45, 2.75) is 6.92 Å². The van der Waals surface area contributed by atoms with Crippen LogP contribution in [-0.4, -0.2) is 5.78 Å². The molecule has 17 heavy (non-hydrogen) atoms. The molecule has 0 aromatic heterocycles. The van der Waals surface area contributed by atoms with Crippen LogP contribution in [0.3, 0.4) is 0 Å². The second-order valence-electron chi connectivity index (χ2n) is 3.72. The Kier molecular flexibility index (Phi) is 3.10. The first-order valence-corrected chi connectivity index (χ1v) is 5.30. The summed E-state index contributed by atoms with van der Waals surface area (Å²) in [6.45, 7) is 1.53. The van der Waals surface area contributed by atoms with Gasteiger partial charge in [0.2, 0.25) is 0 Å². The predicted molar refractivity (Wildman–Crippen MR) is 67.4 cm³/mol. The van der Waals surface area contributed by atoms with Gasteiger partial charge in [-0.3, -0.25) is 4.79 Å². The lowest BCUT2D eigenvalue weighted by molar-refractivity contribution is 0.101. The van der Waals surface area contributed by atoms with Gasteiger partial charge >= 0.3 is 0 Å². The molecule has 0 saturated carbocycles. The standard InChI is InChI=1S/C14H13NO2/c1-10(16)11-6-8-12(9-7-11)17-14-5-3-2-4-13(14)15/h2-9H,15H2,1H3. The third-order valence-corrected chi connectivity index (χ3v) is 2.41. The van der Waals surface area contributed by atoms with Crippen molar-refractivity contribution in [2.75, 3.05) is 5.73 Å². The molecule has 0 atom stereocenters. The highest BCUT2D eigenvalue weighted by Crippen LogP contribution is 2.26. The number of rotatable bonds is 3. The molecule has 0 radical (unpaired) electrons. The molecule has 0 heterocycles. The van der Waals surface area contributed by atoms with Crippen LogP contribution in [0.15, 0.2) is 48.5 Å². The minimum absolute atomic E-state index is 0.0378. The molecule has 3 heteroatoms. The maximum absolute atomic E-state index is 11.1. The van der Waals surface area contributed by atoms with Crippen LogP contribution in [0.4, 0.5) is 5.69 Å². The highest BCUT2D eigenvalue weighted by Gasteiger charge is 2.02. The van der Waals surface area contributed by atoms with E-state index < -0.39 is 0 Å². The number of para-hydroxylation sites is 2. The molecule has 2 N–H and O–H groups in total. The number of hydrogen-bond acceptors (Lipinski definition) is 3. The Bertz CT molecular complexity index is 532. The van der Waals surface area contributed by atoms with Crippen molar-refractivity contribution < 1.29 is 9.53 Å². The largest absolute Gasteiger partial charge is 0.455 e. The fourth-order valence-electron chi connectivity index (χ4n) is 1.46. The number of carbonyl (C=O) groups is 1. The van der Waals surface area contributed by atoms with Gasteiger partial charge in [0.25, 0.3) is 0 Å². The number of anilines is 1. The molecular formula is C14H13NO2. The molecule has 0 fully saturated rings. The lowest BCUT2D eigenvalue weighted by atomic mass is 10.1. The number of carbonyl (C=O) groups excluding carboxylic acids is 1. The zero-order chi connectivity index (χ0) is 12.3. The Hall–Kier alpha value is -2.29. The molecule has 0 aliphatic rings. The normalized spacial score (nSPS) is 9.94. The fraction of sp³-hybridized carbons (Fsp3) is 0.0714. The molecule has 3 nitrogen and oxygen atoms in total. The van der Waals surface area contributed by atoms with E-state index in [1.807, 2.05) is 12.1 Å². The van der Waals surface area contributed by atoms with Gasteiger partial charge in [0.1, 0.15) is 11.5 Å². The van der Waals surface area contributed by atoms with Gasteiger partial charge in [-0.15, -0.1) is 0 Å². The lowest BCUT2D eigenvalue weighted by Crippen LogP contribution is -1.93. The third-order valence-electron chi connectivity index (χ3n) is 2.41. The topological polar surface area (TPSA) is 52.3 Å². The molecule has 0 unspecified atom stereocenters. The van der Waals surface area contributed by atoms with Crippen LogP contribution in [0.1, 0.15) is 17.3 Å². The van der Waals surface area contributed by atoms with E-state index in [-0.39, 0.29) is 5.78 Å². The van der Waals surface area contributed by atoms with Gasteiger partial charge < -0.3 is 10.5 Å². The van der Waals surface area contributed by atoms with E-state index >= 15 is 0 Å². The average Bonchev–Trinajstić information content (AvgIpc) is 2.33. The molecule has 86 valence electrons. The summed E-state index contributed by atoms with van der Waals surface area (Å²) in [5.74, 6) is 1.31. The fourth-order valence-corrected chi connectivity index (χ4v) is 1.46. The summed E-state index contributed by atoms with van der Waals surface area (Å²) in [6.07, 6.45) is 0. The zero-order valence-corrected chi connectivity index (χ0v) is 9.51. The summed E-state index contributed by atoms with van der Waals surface area (Å²) in [4.78, 5) is 11.1. The summed E-state index contributed by atoms with van der Waals surface area (Å²) < 4.78 is 5.61. The smallest absolute Gasteiger partial charge is 0.159 e. The number of benzene rings is 2. The molecule has 0 saturated heterocycles. The number of ketones is 1. The van der Waals surface area contributed by atoms with Gasteiger partial charge in [0, 0.05) is 5.56 Å². The number of Topliss-reactive ketones (excluding diaryl/α,β-unsaturated/α-hetero) is 1. The monoisotopic (exact) mass is 227 g/mol. The van der Waals surface area contributed by atoms with Crippen LogP contribution >= 0.6 is 0 Å². The van der Waals surface area contributed by atoms with Crippen molar-refractivity contribution in [2.24, 2.45) is 0 Å². The van der Waals surface area contributed by atoms with Crippen LogP contribution in [-0.2, 0) is 0 Å². The zero-order valence-electron chi connectivity index (χ0n) is 9.51. The van der Waals surface area contributed by atoms with E-state index in [4.69, 9.17) is 10.5 Å². The Balaban J connectivity index is 2.20. The Morgan fingerprint density at radius 1 is 1.06 bits per heavy atom. The lowest BCUT2D eigenvalue weighted by Gasteiger charge is -2.08. The quantitative estimate of drug-likeness (QED) is 0.646. The van der Waals surface area contributed by atoms with Crippen LogP contribution < -0.4 is 10.5 Å². The summed E-state index contributed by atoms with van der Waals surface area (Å²) in [7, 11) is 0. The molecular weight excluding hydrogens is 214 g/mol. The maximum atomic E-state index is 11.1. The van der Waals surface area contributed by atoms with Crippen LogP contribution in [0, 0.1) is 0 Å². The van der Waals surface area contributed by atoms with E-state index in [1.165, 1.54) is 6.92 Å². The van der Waals surface area contributed by atoms with Gasteiger partial charge in [-0.2, -0.15) is 0 Å². The van der Waals surface area contributed by atoms with E-state index in [0.29, 0.717) is 22.7 Å². The van der Waals surface area contributed by atoms with E-state index in [0.717, 1.165) is 0 Å². The van der Waals surface area contributed by atoms with E-state index in [9.17, 15) is 4.79 Å². The minimum Gasteiger partial charge on any atom is -0.455 e. The molecule has 2 aromatic rings. The number of ether oxygens (including phenoxy) is 1. The van der Waals surface area contributed by atoms with E-state index in [1.54, 1.807) is 36.4 Å². The second-order valence-corrected chi connectivity index (χ2v) is 3.72. The number of nitrogen functional groups attached to an aromatic ring is 1. The molecule has 0 bridgehead atoms. The Labute approximate surface area is 99.8 Å². The highest BCUT2D eigenvalue weighted by molar-refractivity contribution is 5.94. The molecule has 0 aliphatic carbocycles. The SMILES string of the molecule is CC(=O)c1ccc(Oc2ccccc2N)cc1. The van der Waals surface area contributed by atoms with Crippen molar-refractivity contribution in [3.63, 3.8) is 0 Å². The predicted octanol–water partition coefficient (Wildman–Crippen LogP) is 3.26. The molecule has 0 amide bonds. The van der Waals surface area contributed by atoms with Crippen molar-refractivity contribution in [1.29, 1.82) is 0 Å².